The zero-order valence-electron chi connectivity index (χ0n) is 13.3. The zero-order chi connectivity index (χ0) is 15.7. The van der Waals surface area contributed by atoms with E-state index < -0.39 is 0 Å². The van der Waals surface area contributed by atoms with Gasteiger partial charge in [0.05, 0.1) is 23.1 Å². The number of carbonyl (C=O) groups is 1. The molecule has 1 atom stereocenters. The molecule has 1 unspecified atom stereocenters. The topological polar surface area (TPSA) is 50.2 Å². The number of aromatic nitrogens is 2. The standard InChI is InChI=1S/C17H22N4O/c1-12-6-4-5-7-16(12)21-13(2)15(11-19-21)17(22)20(3)14-8-9-18-10-14/h4-7,11,14,18H,8-10H2,1-3H3. The summed E-state index contributed by atoms with van der Waals surface area (Å²) in [5.74, 6) is 0.0473. The molecule has 0 spiro atoms. The quantitative estimate of drug-likeness (QED) is 0.942. The Bertz CT molecular complexity index is 686. The fraction of sp³-hybridized carbons (Fsp3) is 0.412. The molecule has 22 heavy (non-hydrogen) atoms. The number of benzene rings is 1. The molecular formula is C17H22N4O. The van der Waals surface area contributed by atoms with Crippen molar-refractivity contribution in [3.05, 3.63) is 47.3 Å². The van der Waals surface area contributed by atoms with Crippen molar-refractivity contribution in [2.24, 2.45) is 0 Å². The predicted molar refractivity (Wildman–Crippen MR) is 86.4 cm³/mol. The van der Waals surface area contributed by atoms with Crippen molar-refractivity contribution in [1.29, 1.82) is 0 Å². The van der Waals surface area contributed by atoms with Crippen LogP contribution in [0.3, 0.4) is 0 Å². The highest BCUT2D eigenvalue weighted by molar-refractivity contribution is 5.95. The third-order valence-corrected chi connectivity index (χ3v) is 4.49. The van der Waals surface area contributed by atoms with Gasteiger partial charge >= 0.3 is 0 Å². The monoisotopic (exact) mass is 298 g/mol. The van der Waals surface area contributed by atoms with Gasteiger partial charge in [0.1, 0.15) is 0 Å². The molecule has 1 aliphatic rings. The van der Waals surface area contributed by atoms with Crippen molar-refractivity contribution in [3.63, 3.8) is 0 Å². The number of rotatable bonds is 3. The highest BCUT2D eigenvalue weighted by atomic mass is 16.2. The molecule has 1 aromatic carbocycles. The lowest BCUT2D eigenvalue weighted by Gasteiger charge is -2.23. The fourth-order valence-electron chi connectivity index (χ4n) is 2.99. The van der Waals surface area contributed by atoms with Crippen LogP contribution in [-0.4, -0.2) is 46.8 Å². The van der Waals surface area contributed by atoms with E-state index in [0.29, 0.717) is 5.56 Å². The van der Waals surface area contributed by atoms with Gasteiger partial charge in [-0.2, -0.15) is 5.10 Å². The SMILES string of the molecule is Cc1ccccc1-n1ncc(C(=O)N(C)C2CCNC2)c1C. The van der Waals surface area contributed by atoms with Gasteiger partial charge in [0.25, 0.3) is 5.91 Å². The van der Waals surface area contributed by atoms with Gasteiger partial charge in [-0.1, -0.05) is 18.2 Å². The Labute approximate surface area is 130 Å². The number of hydrogen-bond acceptors (Lipinski definition) is 3. The van der Waals surface area contributed by atoms with Gasteiger partial charge in [0.15, 0.2) is 0 Å². The molecule has 1 aromatic heterocycles. The molecule has 5 heteroatoms. The van der Waals surface area contributed by atoms with Crippen molar-refractivity contribution < 1.29 is 4.79 Å². The van der Waals surface area contributed by atoms with Crippen LogP contribution >= 0.6 is 0 Å². The molecule has 1 amide bonds. The molecular weight excluding hydrogens is 276 g/mol. The van der Waals surface area contributed by atoms with Crippen LogP contribution in [0, 0.1) is 13.8 Å². The molecule has 116 valence electrons. The van der Waals surface area contributed by atoms with Gasteiger partial charge in [0, 0.05) is 19.6 Å². The molecule has 0 saturated carbocycles. The lowest BCUT2D eigenvalue weighted by atomic mass is 10.1. The normalized spacial score (nSPS) is 17.7. The molecule has 5 nitrogen and oxygen atoms in total. The van der Waals surface area contributed by atoms with E-state index in [1.807, 2.05) is 54.7 Å². The van der Waals surface area contributed by atoms with Crippen LogP contribution in [0.1, 0.15) is 28.0 Å². The molecule has 2 aromatic rings. The Morgan fingerprint density at radius 1 is 1.36 bits per heavy atom. The van der Waals surface area contributed by atoms with Crippen molar-refractivity contribution in [2.45, 2.75) is 26.3 Å². The van der Waals surface area contributed by atoms with Crippen LogP contribution in [-0.2, 0) is 0 Å². The summed E-state index contributed by atoms with van der Waals surface area (Å²) in [5, 5.41) is 7.73. The third kappa shape index (κ3) is 2.52. The smallest absolute Gasteiger partial charge is 0.257 e. The summed E-state index contributed by atoms with van der Waals surface area (Å²) >= 11 is 0. The Morgan fingerprint density at radius 3 is 2.82 bits per heavy atom. The number of hydrogen-bond donors (Lipinski definition) is 1. The molecule has 2 heterocycles. The lowest BCUT2D eigenvalue weighted by Crippen LogP contribution is -2.38. The van der Waals surface area contributed by atoms with Crippen LogP contribution in [0.15, 0.2) is 30.5 Å². The summed E-state index contributed by atoms with van der Waals surface area (Å²) in [5.41, 5.74) is 3.72. The van der Waals surface area contributed by atoms with E-state index in [4.69, 9.17) is 0 Å². The van der Waals surface area contributed by atoms with Crippen molar-refractivity contribution in [1.82, 2.24) is 20.0 Å². The second-order valence-electron chi connectivity index (χ2n) is 5.90. The Balaban J connectivity index is 1.90. The zero-order valence-corrected chi connectivity index (χ0v) is 13.3. The largest absolute Gasteiger partial charge is 0.337 e. The number of likely N-dealkylation sites (N-methyl/N-ethyl adjacent to an activating group) is 1. The van der Waals surface area contributed by atoms with Crippen molar-refractivity contribution in [2.75, 3.05) is 20.1 Å². The summed E-state index contributed by atoms with van der Waals surface area (Å²) in [6, 6.07) is 8.34. The average Bonchev–Trinajstić information content (AvgIpc) is 3.16. The van der Waals surface area contributed by atoms with Gasteiger partial charge in [-0.25, -0.2) is 4.68 Å². The van der Waals surface area contributed by atoms with E-state index in [1.54, 1.807) is 6.20 Å². The number of aryl methyl sites for hydroxylation is 1. The minimum absolute atomic E-state index is 0.0473. The highest BCUT2D eigenvalue weighted by Gasteiger charge is 2.26. The molecule has 1 saturated heterocycles. The molecule has 1 fully saturated rings. The van der Waals surface area contributed by atoms with Crippen LogP contribution in [0.5, 0.6) is 0 Å². The molecule has 0 aliphatic carbocycles. The first kappa shape index (κ1) is 14.8. The molecule has 1 N–H and O–H groups in total. The second kappa shape index (κ2) is 5.93. The summed E-state index contributed by atoms with van der Waals surface area (Å²) in [6.45, 7) is 5.85. The average molecular weight is 298 g/mol. The Hall–Kier alpha value is -2.14. The van der Waals surface area contributed by atoms with Crippen LogP contribution < -0.4 is 5.32 Å². The van der Waals surface area contributed by atoms with Gasteiger partial charge < -0.3 is 10.2 Å². The summed E-state index contributed by atoms with van der Waals surface area (Å²) in [7, 11) is 1.88. The van der Waals surface area contributed by atoms with Gasteiger partial charge in [0.2, 0.25) is 0 Å². The molecule has 0 bridgehead atoms. The molecule has 1 aliphatic heterocycles. The molecule has 3 rings (SSSR count). The number of para-hydroxylation sites is 1. The third-order valence-electron chi connectivity index (χ3n) is 4.49. The first-order valence-corrected chi connectivity index (χ1v) is 7.68. The Kier molecular flexibility index (Phi) is 3.98. The number of nitrogens with zero attached hydrogens (tertiary/aromatic N) is 3. The van der Waals surface area contributed by atoms with Crippen molar-refractivity contribution in [3.8, 4) is 5.69 Å². The van der Waals surface area contributed by atoms with E-state index in [-0.39, 0.29) is 11.9 Å². The van der Waals surface area contributed by atoms with Crippen molar-refractivity contribution >= 4 is 5.91 Å². The van der Waals surface area contributed by atoms with E-state index in [0.717, 1.165) is 36.5 Å². The number of carbonyl (C=O) groups excluding carboxylic acids is 1. The van der Waals surface area contributed by atoms with Crippen LogP contribution in [0.4, 0.5) is 0 Å². The number of amides is 1. The maximum Gasteiger partial charge on any atom is 0.257 e. The van der Waals surface area contributed by atoms with E-state index >= 15 is 0 Å². The maximum atomic E-state index is 12.7. The summed E-state index contributed by atoms with van der Waals surface area (Å²) < 4.78 is 1.85. The van der Waals surface area contributed by atoms with E-state index in [9.17, 15) is 4.79 Å². The van der Waals surface area contributed by atoms with Gasteiger partial charge in [-0.15, -0.1) is 0 Å². The predicted octanol–water partition coefficient (Wildman–Crippen LogP) is 1.92. The second-order valence-corrected chi connectivity index (χ2v) is 5.90. The first-order valence-electron chi connectivity index (χ1n) is 7.68. The minimum Gasteiger partial charge on any atom is -0.337 e. The molecule has 0 radical (unpaired) electrons. The number of nitrogens with one attached hydrogen (secondary N) is 1. The maximum absolute atomic E-state index is 12.7. The highest BCUT2D eigenvalue weighted by Crippen LogP contribution is 2.19. The minimum atomic E-state index is 0.0473. The van der Waals surface area contributed by atoms with E-state index in [2.05, 4.69) is 10.4 Å². The van der Waals surface area contributed by atoms with Gasteiger partial charge in [-0.05, 0) is 38.4 Å². The lowest BCUT2D eigenvalue weighted by molar-refractivity contribution is 0.0743. The van der Waals surface area contributed by atoms with Crippen LogP contribution in [0.25, 0.3) is 5.69 Å². The van der Waals surface area contributed by atoms with Crippen LogP contribution in [0.2, 0.25) is 0 Å². The summed E-state index contributed by atoms with van der Waals surface area (Å²) in [4.78, 5) is 14.6. The fourth-order valence-corrected chi connectivity index (χ4v) is 2.99. The summed E-state index contributed by atoms with van der Waals surface area (Å²) in [6.07, 6.45) is 2.69. The Morgan fingerprint density at radius 2 is 2.14 bits per heavy atom. The first-order chi connectivity index (χ1) is 10.6. The van der Waals surface area contributed by atoms with E-state index in [1.165, 1.54) is 0 Å². The van der Waals surface area contributed by atoms with Gasteiger partial charge in [-0.3, -0.25) is 4.79 Å².